The molecule has 0 aromatic carbocycles. The molecule has 8 nitrogen and oxygen atoms in total. The third-order valence-corrected chi connectivity index (χ3v) is 4.79. The Balaban J connectivity index is 2.00. The van der Waals surface area contributed by atoms with Crippen molar-refractivity contribution in [3.8, 4) is 0 Å². The van der Waals surface area contributed by atoms with E-state index in [2.05, 4.69) is 0 Å². The molecule has 21 heavy (non-hydrogen) atoms. The molecule has 1 aromatic heterocycles. The molecule has 1 unspecified atom stereocenters. The minimum Gasteiger partial charge on any atom is -0.346 e. The van der Waals surface area contributed by atoms with E-state index >= 15 is 4.39 Å². The number of nitrogens with zero attached hydrogens (tertiary/aromatic N) is 1. The van der Waals surface area contributed by atoms with E-state index in [4.69, 9.17) is 13.8 Å². The van der Waals surface area contributed by atoms with Gasteiger partial charge in [0.05, 0.1) is 6.61 Å². The fourth-order valence-corrected chi connectivity index (χ4v) is 3.80. The van der Waals surface area contributed by atoms with Crippen molar-refractivity contribution in [3.05, 3.63) is 33.1 Å². The largest absolute Gasteiger partial charge is 0.346 e. The number of hydrogen-bond acceptors (Lipinski definition) is 6. The summed E-state index contributed by atoms with van der Waals surface area (Å²) < 4.78 is 43.5. The molecule has 5 atom stereocenters. The Morgan fingerprint density at radius 2 is 2.24 bits per heavy atom. The van der Waals surface area contributed by atoms with Gasteiger partial charge in [0.25, 0.3) is 5.56 Å². The van der Waals surface area contributed by atoms with E-state index in [-0.39, 0.29) is 6.61 Å². The zero-order valence-electron chi connectivity index (χ0n) is 11.3. The van der Waals surface area contributed by atoms with Crippen molar-refractivity contribution in [2.24, 2.45) is 0 Å². The van der Waals surface area contributed by atoms with Crippen LogP contribution in [0.3, 0.4) is 0 Å². The summed E-state index contributed by atoms with van der Waals surface area (Å²) in [4.78, 5) is 24.9. The molecule has 116 valence electrons. The van der Waals surface area contributed by atoms with Crippen LogP contribution in [0.15, 0.2) is 21.9 Å². The highest BCUT2D eigenvalue weighted by molar-refractivity contribution is 7.53. The van der Waals surface area contributed by atoms with Crippen LogP contribution in [0.1, 0.15) is 13.2 Å². The van der Waals surface area contributed by atoms with Crippen LogP contribution in [0.4, 0.5) is 4.39 Å². The molecule has 2 aliphatic heterocycles. The monoisotopic (exact) mass is 320 g/mol. The molecule has 2 fully saturated rings. The molecule has 1 N–H and O–H groups in total. The third kappa shape index (κ3) is 2.40. The summed E-state index contributed by atoms with van der Waals surface area (Å²) in [5.74, 6) is 0. The topological polar surface area (TPSA) is 99.6 Å². The van der Waals surface area contributed by atoms with Crippen LogP contribution in [-0.4, -0.2) is 40.7 Å². The van der Waals surface area contributed by atoms with Crippen LogP contribution in [0.2, 0.25) is 0 Å². The van der Waals surface area contributed by atoms with Crippen molar-refractivity contribution in [1.29, 1.82) is 0 Å². The van der Waals surface area contributed by atoms with Crippen molar-refractivity contribution in [2.45, 2.75) is 31.0 Å². The number of alkyl halides is 1. The van der Waals surface area contributed by atoms with Gasteiger partial charge in [0.15, 0.2) is 11.9 Å². The molecule has 10 heteroatoms. The minimum atomic E-state index is -3.34. The second-order valence-corrected chi connectivity index (χ2v) is 7.30. The lowest BCUT2D eigenvalue weighted by molar-refractivity contribution is -0.0629. The summed E-state index contributed by atoms with van der Waals surface area (Å²) in [6.07, 6.45) is -2.07. The van der Waals surface area contributed by atoms with Gasteiger partial charge in [0.1, 0.15) is 12.2 Å². The van der Waals surface area contributed by atoms with E-state index in [0.29, 0.717) is 0 Å². The van der Waals surface area contributed by atoms with Crippen molar-refractivity contribution >= 4 is 7.60 Å². The molecule has 2 saturated heterocycles. The number of halogens is 1. The summed E-state index contributed by atoms with van der Waals surface area (Å²) in [6.45, 7) is 2.36. The molecule has 0 spiro atoms. The number of nitrogens with one attached hydrogen (secondary N) is 1. The van der Waals surface area contributed by atoms with Crippen LogP contribution in [0.25, 0.3) is 0 Å². The normalized spacial score (nSPS) is 42.7. The minimum absolute atomic E-state index is 0.0907. The number of fused-ring (bicyclic) bond motifs is 1. The Hall–Kier alpha value is -1.28. The van der Waals surface area contributed by atoms with Crippen LogP contribution in [0, 0.1) is 0 Å². The van der Waals surface area contributed by atoms with Gasteiger partial charge in [-0.3, -0.25) is 23.4 Å². The van der Waals surface area contributed by atoms with E-state index < -0.39 is 42.9 Å². The van der Waals surface area contributed by atoms with Gasteiger partial charge >= 0.3 is 13.3 Å². The van der Waals surface area contributed by atoms with E-state index in [1.54, 1.807) is 0 Å². The van der Waals surface area contributed by atoms with E-state index in [1.807, 2.05) is 4.98 Å². The summed E-state index contributed by atoms with van der Waals surface area (Å²) in [6, 6.07) is 1.09. The molecule has 0 radical (unpaired) electrons. The third-order valence-electron chi connectivity index (χ3n) is 3.56. The van der Waals surface area contributed by atoms with Gasteiger partial charge in [-0.15, -0.1) is 0 Å². The first-order valence-electron chi connectivity index (χ1n) is 6.27. The Labute approximate surface area is 118 Å². The lowest BCUT2D eigenvalue weighted by Gasteiger charge is -2.33. The van der Waals surface area contributed by atoms with E-state index in [0.717, 1.165) is 16.8 Å². The van der Waals surface area contributed by atoms with E-state index in [1.165, 1.54) is 13.6 Å². The number of aromatic nitrogens is 2. The predicted octanol–water partition coefficient (Wildman–Crippen LogP) is 0.400. The van der Waals surface area contributed by atoms with Gasteiger partial charge in [0, 0.05) is 18.9 Å². The number of hydrogen-bond donors (Lipinski definition) is 1. The van der Waals surface area contributed by atoms with Crippen LogP contribution in [-0.2, 0) is 18.3 Å². The fraction of sp³-hybridized carbons (Fsp3) is 0.636. The van der Waals surface area contributed by atoms with Crippen LogP contribution < -0.4 is 11.2 Å². The molecule has 1 aromatic rings. The van der Waals surface area contributed by atoms with Crippen LogP contribution >= 0.6 is 7.60 Å². The molecule has 0 aliphatic carbocycles. The number of aromatic amines is 1. The van der Waals surface area contributed by atoms with Gasteiger partial charge < -0.3 is 9.26 Å². The highest BCUT2D eigenvalue weighted by Crippen LogP contribution is 2.56. The van der Waals surface area contributed by atoms with Gasteiger partial charge in [-0.25, -0.2) is 9.18 Å². The Morgan fingerprint density at radius 1 is 1.52 bits per heavy atom. The molecule has 3 rings (SSSR count). The standard InChI is InChI=1S/C11H14FN2O6P/c1-11(12)8-6(5-18-21(2,17)20-8)19-9(11)14-4-3-7(15)13-10(14)16/h3-4,6,8-9H,5H2,1-2H3,(H,13,15,16)/t6-,8-,9-,11-,21?/m1/s1. The maximum Gasteiger partial charge on any atom is 0.330 e. The van der Waals surface area contributed by atoms with Gasteiger partial charge in [-0.1, -0.05) is 0 Å². The molecule has 3 heterocycles. The number of H-pyrrole nitrogens is 1. The molecule has 0 bridgehead atoms. The van der Waals surface area contributed by atoms with Gasteiger partial charge in [-0.2, -0.15) is 0 Å². The summed E-state index contributed by atoms with van der Waals surface area (Å²) in [5, 5.41) is 0. The first kappa shape index (κ1) is 14.6. The van der Waals surface area contributed by atoms with Crippen molar-refractivity contribution in [3.63, 3.8) is 0 Å². The van der Waals surface area contributed by atoms with Gasteiger partial charge in [0.2, 0.25) is 0 Å². The van der Waals surface area contributed by atoms with Crippen LogP contribution in [0.5, 0.6) is 0 Å². The Kier molecular flexibility index (Phi) is 3.21. The maximum atomic E-state index is 15.0. The van der Waals surface area contributed by atoms with Crippen molar-refractivity contribution in [1.82, 2.24) is 9.55 Å². The first-order chi connectivity index (χ1) is 9.71. The SMILES string of the molecule is C[C@@]1(F)[C@@H]2OP(C)(=O)OC[C@H]2O[C@H]1n1ccc(=O)[nH]c1=O. The quantitative estimate of drug-likeness (QED) is 0.752. The average molecular weight is 320 g/mol. The molecular weight excluding hydrogens is 306 g/mol. The summed E-state index contributed by atoms with van der Waals surface area (Å²) in [7, 11) is -3.34. The highest BCUT2D eigenvalue weighted by Gasteiger charge is 2.60. The summed E-state index contributed by atoms with van der Waals surface area (Å²) >= 11 is 0. The van der Waals surface area contributed by atoms with Crippen molar-refractivity contribution in [2.75, 3.05) is 13.3 Å². The zero-order valence-corrected chi connectivity index (χ0v) is 12.2. The fourth-order valence-electron chi connectivity index (χ4n) is 2.57. The second kappa shape index (κ2) is 4.61. The number of ether oxygens (including phenoxy) is 1. The first-order valence-corrected chi connectivity index (χ1v) is 8.26. The second-order valence-electron chi connectivity index (χ2n) is 5.29. The summed E-state index contributed by atoms with van der Waals surface area (Å²) in [5.41, 5.74) is -3.50. The molecule has 0 amide bonds. The smallest absolute Gasteiger partial charge is 0.330 e. The Morgan fingerprint density at radius 3 is 2.90 bits per heavy atom. The highest BCUT2D eigenvalue weighted by atomic mass is 31.2. The average Bonchev–Trinajstić information content (AvgIpc) is 2.61. The zero-order chi connectivity index (χ0) is 15.4. The van der Waals surface area contributed by atoms with E-state index in [9.17, 15) is 14.2 Å². The molecule has 2 aliphatic rings. The maximum absolute atomic E-state index is 15.0. The van der Waals surface area contributed by atoms with Gasteiger partial charge in [-0.05, 0) is 6.92 Å². The van der Waals surface area contributed by atoms with Crippen molar-refractivity contribution < 1.29 is 22.7 Å². The number of rotatable bonds is 1. The molecule has 0 saturated carbocycles. The Bertz CT molecular complexity index is 728. The predicted molar refractivity (Wildman–Crippen MR) is 69.1 cm³/mol. The lowest BCUT2D eigenvalue weighted by Crippen LogP contribution is -2.46. The molecular formula is C11H14FN2O6P. The lowest BCUT2D eigenvalue weighted by atomic mass is 9.98.